The molecule has 2 heterocycles. The quantitative estimate of drug-likeness (QED) is 0.609. The van der Waals surface area contributed by atoms with E-state index in [2.05, 4.69) is 35.6 Å². The van der Waals surface area contributed by atoms with Crippen molar-refractivity contribution in [2.45, 2.75) is 65.8 Å². The lowest BCUT2D eigenvalue weighted by Gasteiger charge is -2.22. The number of carbonyl (C=O) groups excluding carboxylic acids is 1. The molecule has 0 unspecified atom stereocenters. The van der Waals surface area contributed by atoms with E-state index in [1.165, 1.54) is 17.7 Å². The Morgan fingerprint density at radius 2 is 1.96 bits per heavy atom. The van der Waals surface area contributed by atoms with Crippen molar-refractivity contribution >= 4 is 22.8 Å². The Kier molecular flexibility index (Phi) is 5.25. The van der Waals surface area contributed by atoms with E-state index in [1.807, 2.05) is 24.3 Å². The number of hydrogen-bond donors (Lipinski definition) is 2. The summed E-state index contributed by atoms with van der Waals surface area (Å²) in [6, 6.07) is 8.06. The molecular weight excluding hydrogens is 348 g/mol. The fourth-order valence-corrected chi connectivity index (χ4v) is 4.44. The number of amides is 1. The van der Waals surface area contributed by atoms with Gasteiger partial charge in [0.15, 0.2) is 0 Å². The number of carbonyl (C=O) groups is 1. The lowest BCUT2D eigenvalue weighted by atomic mass is 9.88. The predicted molar refractivity (Wildman–Crippen MR) is 114 cm³/mol. The molecular formula is C23H30N4O. The minimum atomic E-state index is 0.128. The number of nitrogens with one attached hydrogen (secondary N) is 2. The van der Waals surface area contributed by atoms with Crippen molar-refractivity contribution in [1.82, 2.24) is 14.5 Å². The van der Waals surface area contributed by atoms with Crippen LogP contribution < -0.4 is 5.32 Å². The Balaban J connectivity index is 1.78. The largest absolute Gasteiger partial charge is 0.338 e. The fraction of sp³-hybridized carbons (Fsp3) is 0.478. The first kappa shape index (κ1) is 18.8. The number of nitrogens with zero attached hydrogens (tertiary/aromatic N) is 2. The van der Waals surface area contributed by atoms with Crippen molar-refractivity contribution in [1.29, 1.82) is 0 Å². The molecule has 1 saturated carbocycles. The van der Waals surface area contributed by atoms with Gasteiger partial charge in [-0.1, -0.05) is 38.3 Å². The molecule has 1 aliphatic rings. The van der Waals surface area contributed by atoms with Crippen LogP contribution in [-0.4, -0.2) is 20.4 Å². The van der Waals surface area contributed by atoms with E-state index in [4.69, 9.17) is 4.98 Å². The molecule has 5 heteroatoms. The summed E-state index contributed by atoms with van der Waals surface area (Å²) in [5.41, 5.74) is 5.35. The van der Waals surface area contributed by atoms with E-state index in [1.54, 1.807) is 0 Å². The molecule has 5 nitrogen and oxygen atoms in total. The summed E-state index contributed by atoms with van der Waals surface area (Å²) < 4.78 is 2.25. The molecule has 2 aromatic heterocycles. The molecule has 28 heavy (non-hydrogen) atoms. The minimum Gasteiger partial charge on any atom is -0.338 e. The van der Waals surface area contributed by atoms with E-state index in [0.29, 0.717) is 0 Å². The van der Waals surface area contributed by atoms with Crippen LogP contribution in [0.2, 0.25) is 0 Å². The standard InChI is InChI=1S/C23H30N4O/c1-4-14-27-16(3)15(2)20(21-24-18-12-8-9-13-19(18)25-21)22(27)26-23(28)17-10-6-5-7-11-17/h8-9,12-13,17H,4-7,10-11,14H2,1-3H3,(H,24,25)(H,26,28). The SMILES string of the molecule is CCCn1c(C)c(C)c(-c2nc3ccccc3[nH]2)c1NC(=O)C1CCCCC1. The molecule has 1 aliphatic carbocycles. The monoisotopic (exact) mass is 378 g/mol. The van der Waals surface area contributed by atoms with E-state index in [9.17, 15) is 4.79 Å². The van der Waals surface area contributed by atoms with E-state index in [-0.39, 0.29) is 11.8 Å². The van der Waals surface area contributed by atoms with Gasteiger partial charge in [-0.3, -0.25) is 4.79 Å². The number of aromatic nitrogens is 3. The number of anilines is 1. The molecule has 0 spiro atoms. The molecule has 1 amide bonds. The van der Waals surface area contributed by atoms with Crippen LogP contribution in [0.4, 0.5) is 5.82 Å². The van der Waals surface area contributed by atoms with Gasteiger partial charge in [-0.15, -0.1) is 0 Å². The highest BCUT2D eigenvalue weighted by Gasteiger charge is 2.26. The molecule has 0 aliphatic heterocycles. The third kappa shape index (κ3) is 3.34. The maximum absolute atomic E-state index is 13.0. The minimum absolute atomic E-state index is 0.128. The van der Waals surface area contributed by atoms with Crippen LogP contribution in [0.3, 0.4) is 0 Å². The Labute approximate surface area is 166 Å². The Bertz CT molecular complexity index is 959. The average Bonchev–Trinajstić information content (AvgIpc) is 3.23. The van der Waals surface area contributed by atoms with Crippen molar-refractivity contribution in [3.05, 3.63) is 35.5 Å². The first-order valence-corrected chi connectivity index (χ1v) is 10.6. The van der Waals surface area contributed by atoms with E-state index >= 15 is 0 Å². The molecule has 148 valence electrons. The number of H-pyrrole nitrogens is 1. The lowest BCUT2D eigenvalue weighted by molar-refractivity contribution is -0.120. The zero-order chi connectivity index (χ0) is 19.7. The van der Waals surface area contributed by atoms with Gasteiger partial charge < -0.3 is 14.9 Å². The molecule has 2 N–H and O–H groups in total. The Morgan fingerprint density at radius 1 is 1.21 bits per heavy atom. The van der Waals surface area contributed by atoms with Gasteiger partial charge in [0.1, 0.15) is 11.6 Å². The molecule has 4 rings (SSSR count). The van der Waals surface area contributed by atoms with Gasteiger partial charge in [-0.25, -0.2) is 4.98 Å². The number of imidazole rings is 1. The second kappa shape index (κ2) is 7.82. The summed E-state index contributed by atoms with van der Waals surface area (Å²) in [7, 11) is 0. The van der Waals surface area contributed by atoms with Gasteiger partial charge >= 0.3 is 0 Å². The molecule has 1 aromatic carbocycles. The van der Waals surface area contributed by atoms with E-state index < -0.39 is 0 Å². The van der Waals surface area contributed by atoms with Crippen molar-refractivity contribution in [3.8, 4) is 11.4 Å². The van der Waals surface area contributed by atoms with Gasteiger partial charge in [0.2, 0.25) is 5.91 Å². The zero-order valence-corrected chi connectivity index (χ0v) is 17.1. The molecule has 1 fully saturated rings. The normalized spacial score (nSPS) is 15.2. The van der Waals surface area contributed by atoms with Crippen molar-refractivity contribution in [2.75, 3.05) is 5.32 Å². The van der Waals surface area contributed by atoms with Crippen LogP contribution in [-0.2, 0) is 11.3 Å². The summed E-state index contributed by atoms with van der Waals surface area (Å²) in [6.45, 7) is 7.31. The number of benzene rings is 1. The van der Waals surface area contributed by atoms with Crippen LogP contribution in [0.25, 0.3) is 22.4 Å². The third-order valence-electron chi connectivity index (χ3n) is 6.12. The number of para-hydroxylation sites is 2. The van der Waals surface area contributed by atoms with E-state index in [0.717, 1.165) is 66.9 Å². The highest BCUT2D eigenvalue weighted by molar-refractivity contribution is 5.97. The predicted octanol–water partition coefficient (Wildman–Crippen LogP) is 5.58. The summed E-state index contributed by atoms with van der Waals surface area (Å²) in [5, 5.41) is 3.30. The van der Waals surface area contributed by atoms with Gasteiger partial charge in [0.05, 0.1) is 16.6 Å². The fourth-order valence-electron chi connectivity index (χ4n) is 4.44. The topological polar surface area (TPSA) is 62.7 Å². The number of hydrogen-bond acceptors (Lipinski definition) is 2. The first-order valence-electron chi connectivity index (χ1n) is 10.6. The average molecular weight is 379 g/mol. The third-order valence-corrected chi connectivity index (χ3v) is 6.12. The Morgan fingerprint density at radius 3 is 2.68 bits per heavy atom. The van der Waals surface area contributed by atoms with Crippen LogP contribution in [0.5, 0.6) is 0 Å². The molecule has 0 radical (unpaired) electrons. The second-order valence-electron chi connectivity index (χ2n) is 8.01. The summed E-state index contributed by atoms with van der Waals surface area (Å²) in [4.78, 5) is 21.3. The Hall–Kier alpha value is -2.56. The second-order valence-corrected chi connectivity index (χ2v) is 8.01. The smallest absolute Gasteiger partial charge is 0.228 e. The highest BCUT2D eigenvalue weighted by atomic mass is 16.2. The van der Waals surface area contributed by atoms with Crippen LogP contribution in [0, 0.1) is 19.8 Å². The van der Waals surface area contributed by atoms with Crippen molar-refractivity contribution < 1.29 is 4.79 Å². The maximum Gasteiger partial charge on any atom is 0.228 e. The van der Waals surface area contributed by atoms with Crippen molar-refractivity contribution in [3.63, 3.8) is 0 Å². The summed E-state index contributed by atoms with van der Waals surface area (Å²) >= 11 is 0. The first-order chi connectivity index (χ1) is 13.6. The highest BCUT2D eigenvalue weighted by Crippen LogP contribution is 2.36. The summed E-state index contributed by atoms with van der Waals surface area (Å²) in [5.74, 6) is 2.01. The van der Waals surface area contributed by atoms with Crippen molar-refractivity contribution in [2.24, 2.45) is 5.92 Å². The zero-order valence-electron chi connectivity index (χ0n) is 17.1. The molecule has 0 bridgehead atoms. The number of rotatable bonds is 5. The molecule has 3 aromatic rings. The number of aromatic amines is 1. The van der Waals surface area contributed by atoms with Crippen LogP contribution >= 0.6 is 0 Å². The van der Waals surface area contributed by atoms with Crippen LogP contribution in [0.1, 0.15) is 56.7 Å². The van der Waals surface area contributed by atoms with Gasteiger partial charge in [0.25, 0.3) is 0 Å². The van der Waals surface area contributed by atoms with Gasteiger partial charge in [-0.05, 0) is 50.8 Å². The lowest BCUT2D eigenvalue weighted by Crippen LogP contribution is -2.26. The maximum atomic E-state index is 13.0. The van der Waals surface area contributed by atoms with Gasteiger partial charge in [-0.2, -0.15) is 0 Å². The molecule has 0 saturated heterocycles. The van der Waals surface area contributed by atoms with Crippen LogP contribution in [0.15, 0.2) is 24.3 Å². The molecule has 0 atom stereocenters. The van der Waals surface area contributed by atoms with Gasteiger partial charge in [0, 0.05) is 18.2 Å². The number of fused-ring (bicyclic) bond motifs is 1. The summed E-state index contributed by atoms with van der Waals surface area (Å²) in [6.07, 6.45) is 6.57.